The van der Waals surface area contributed by atoms with Gasteiger partial charge in [0.2, 0.25) is 0 Å². The van der Waals surface area contributed by atoms with Crippen LogP contribution in [0.4, 0.5) is 0 Å². The minimum atomic E-state index is 0.407. The van der Waals surface area contributed by atoms with Crippen molar-refractivity contribution < 1.29 is 0 Å². The second-order valence-corrected chi connectivity index (χ2v) is 7.33. The smallest absolute Gasteiger partial charge is 0.191 e. The van der Waals surface area contributed by atoms with Gasteiger partial charge in [0.05, 0.1) is 0 Å². The fourth-order valence-corrected chi connectivity index (χ4v) is 2.22. The minimum absolute atomic E-state index is 0.407. The molecular formula is C15H33N3S. The Hall–Kier alpha value is -0.380. The van der Waals surface area contributed by atoms with Crippen LogP contribution in [0.5, 0.6) is 0 Å². The van der Waals surface area contributed by atoms with Gasteiger partial charge in [-0.2, -0.15) is 11.8 Å². The van der Waals surface area contributed by atoms with Crippen LogP contribution >= 0.6 is 11.8 Å². The number of hydrogen-bond donors (Lipinski definition) is 2. The van der Waals surface area contributed by atoms with Gasteiger partial charge in [0, 0.05) is 19.6 Å². The molecule has 19 heavy (non-hydrogen) atoms. The van der Waals surface area contributed by atoms with Crippen molar-refractivity contribution >= 4 is 17.7 Å². The molecular weight excluding hydrogens is 254 g/mol. The summed E-state index contributed by atoms with van der Waals surface area (Å²) in [7, 11) is 1.84. The maximum atomic E-state index is 4.28. The van der Waals surface area contributed by atoms with Gasteiger partial charge in [0.15, 0.2) is 5.96 Å². The molecule has 0 amide bonds. The number of nitrogens with zero attached hydrogens (tertiary/aromatic N) is 1. The van der Waals surface area contributed by atoms with E-state index in [1.54, 1.807) is 0 Å². The highest BCUT2D eigenvalue weighted by atomic mass is 32.2. The molecule has 0 rings (SSSR count). The first-order valence-electron chi connectivity index (χ1n) is 7.35. The number of hydrogen-bond acceptors (Lipinski definition) is 2. The van der Waals surface area contributed by atoms with Crippen molar-refractivity contribution in [1.29, 1.82) is 0 Å². The number of guanidine groups is 1. The summed E-state index contributed by atoms with van der Waals surface area (Å²) >= 11 is 1.91. The lowest BCUT2D eigenvalue weighted by molar-refractivity contribution is 0.346. The van der Waals surface area contributed by atoms with Gasteiger partial charge < -0.3 is 10.6 Å². The van der Waals surface area contributed by atoms with Crippen LogP contribution in [-0.4, -0.2) is 37.6 Å². The van der Waals surface area contributed by atoms with Crippen molar-refractivity contribution in [2.45, 2.75) is 59.4 Å². The van der Waals surface area contributed by atoms with Gasteiger partial charge in [-0.05, 0) is 50.0 Å². The lowest BCUT2D eigenvalue weighted by Crippen LogP contribution is -2.42. The van der Waals surface area contributed by atoms with Gasteiger partial charge in [0.25, 0.3) is 0 Å². The highest BCUT2D eigenvalue weighted by Crippen LogP contribution is 2.21. The molecule has 0 heterocycles. The number of nitrogens with one attached hydrogen (secondary N) is 2. The molecule has 0 aromatic rings. The van der Waals surface area contributed by atoms with Crippen molar-refractivity contribution in [2.24, 2.45) is 10.4 Å². The monoisotopic (exact) mass is 287 g/mol. The molecule has 0 aliphatic rings. The Balaban J connectivity index is 3.80. The van der Waals surface area contributed by atoms with Crippen molar-refractivity contribution in [3.8, 4) is 0 Å². The molecule has 0 aliphatic carbocycles. The summed E-state index contributed by atoms with van der Waals surface area (Å²) in [6.45, 7) is 10.1. The van der Waals surface area contributed by atoms with Crippen LogP contribution < -0.4 is 10.6 Å². The maximum Gasteiger partial charge on any atom is 0.191 e. The van der Waals surface area contributed by atoms with Crippen LogP contribution in [0.2, 0.25) is 0 Å². The molecule has 0 aromatic carbocycles. The zero-order valence-corrected chi connectivity index (χ0v) is 14.5. The Morgan fingerprint density at radius 2 is 1.95 bits per heavy atom. The Kier molecular flexibility index (Phi) is 10.2. The van der Waals surface area contributed by atoms with Crippen molar-refractivity contribution in [3.05, 3.63) is 0 Å². The van der Waals surface area contributed by atoms with Gasteiger partial charge in [-0.1, -0.05) is 20.8 Å². The molecule has 1 atom stereocenters. The predicted molar refractivity (Wildman–Crippen MR) is 90.3 cm³/mol. The van der Waals surface area contributed by atoms with Gasteiger partial charge in [-0.15, -0.1) is 0 Å². The number of aliphatic imine (C=N–C) groups is 1. The van der Waals surface area contributed by atoms with Gasteiger partial charge >= 0.3 is 0 Å². The van der Waals surface area contributed by atoms with E-state index in [0.29, 0.717) is 11.5 Å². The third kappa shape index (κ3) is 12.4. The van der Waals surface area contributed by atoms with E-state index in [2.05, 4.69) is 49.6 Å². The summed E-state index contributed by atoms with van der Waals surface area (Å²) in [6, 6.07) is 0.469. The fraction of sp³-hybridized carbons (Fsp3) is 0.933. The molecule has 1 unspecified atom stereocenters. The van der Waals surface area contributed by atoms with Crippen LogP contribution in [0, 0.1) is 5.41 Å². The van der Waals surface area contributed by atoms with Crippen LogP contribution in [0.25, 0.3) is 0 Å². The molecule has 0 saturated heterocycles. The largest absolute Gasteiger partial charge is 0.356 e. The maximum absolute atomic E-state index is 4.28. The molecule has 0 spiro atoms. The molecule has 0 aromatic heterocycles. The second kappa shape index (κ2) is 10.4. The van der Waals surface area contributed by atoms with E-state index in [-0.39, 0.29) is 0 Å². The molecule has 114 valence electrons. The molecule has 4 heteroatoms. The van der Waals surface area contributed by atoms with E-state index in [0.717, 1.165) is 12.5 Å². The number of rotatable bonds is 8. The average Bonchev–Trinajstić information content (AvgIpc) is 2.34. The van der Waals surface area contributed by atoms with Crippen LogP contribution in [-0.2, 0) is 0 Å². The Morgan fingerprint density at radius 3 is 2.47 bits per heavy atom. The Morgan fingerprint density at radius 1 is 1.26 bits per heavy atom. The number of thioether (sulfide) groups is 1. The van der Waals surface area contributed by atoms with Gasteiger partial charge in [0.1, 0.15) is 0 Å². The summed E-state index contributed by atoms with van der Waals surface area (Å²) in [5, 5.41) is 6.85. The van der Waals surface area contributed by atoms with E-state index in [1.807, 2.05) is 18.8 Å². The van der Waals surface area contributed by atoms with E-state index < -0.39 is 0 Å². The minimum Gasteiger partial charge on any atom is -0.356 e. The number of unbranched alkanes of at least 4 members (excludes halogenated alkanes) is 1. The quantitative estimate of drug-likeness (QED) is 0.407. The van der Waals surface area contributed by atoms with Crippen LogP contribution in [0.1, 0.15) is 53.4 Å². The SMILES string of the molecule is CN=C(NCCCCSC)NC(C)CCC(C)(C)C. The highest BCUT2D eigenvalue weighted by Gasteiger charge is 2.13. The topological polar surface area (TPSA) is 36.4 Å². The highest BCUT2D eigenvalue weighted by molar-refractivity contribution is 7.98. The summed E-state index contributed by atoms with van der Waals surface area (Å²) in [5.74, 6) is 2.18. The van der Waals surface area contributed by atoms with Crippen LogP contribution in [0.15, 0.2) is 4.99 Å². The summed E-state index contributed by atoms with van der Waals surface area (Å²) in [5.41, 5.74) is 0.407. The van der Waals surface area contributed by atoms with E-state index in [9.17, 15) is 0 Å². The van der Waals surface area contributed by atoms with Crippen molar-refractivity contribution in [1.82, 2.24) is 10.6 Å². The lowest BCUT2D eigenvalue weighted by Gasteiger charge is -2.23. The standard InChI is InChI=1S/C15H33N3S/c1-13(9-10-15(2,3)4)18-14(16-5)17-11-7-8-12-19-6/h13H,7-12H2,1-6H3,(H2,16,17,18). The molecule has 0 radical (unpaired) electrons. The second-order valence-electron chi connectivity index (χ2n) is 6.34. The normalized spacial score (nSPS) is 14.3. The van der Waals surface area contributed by atoms with E-state index in [1.165, 1.54) is 31.4 Å². The van der Waals surface area contributed by atoms with E-state index in [4.69, 9.17) is 0 Å². The fourth-order valence-electron chi connectivity index (χ4n) is 1.73. The molecule has 3 nitrogen and oxygen atoms in total. The van der Waals surface area contributed by atoms with E-state index >= 15 is 0 Å². The molecule has 0 aliphatic heterocycles. The first-order valence-corrected chi connectivity index (χ1v) is 8.74. The summed E-state index contributed by atoms with van der Waals surface area (Å²) in [6.07, 6.45) is 7.04. The Labute approximate surface area is 124 Å². The predicted octanol–water partition coefficient (Wildman–Crippen LogP) is 3.51. The molecule has 0 bridgehead atoms. The van der Waals surface area contributed by atoms with Gasteiger partial charge in [-0.25, -0.2) is 0 Å². The first kappa shape index (κ1) is 18.6. The average molecular weight is 288 g/mol. The zero-order chi connectivity index (χ0) is 14.7. The van der Waals surface area contributed by atoms with Gasteiger partial charge in [-0.3, -0.25) is 4.99 Å². The third-order valence-electron chi connectivity index (χ3n) is 3.00. The molecule has 0 saturated carbocycles. The Bertz CT molecular complexity index is 246. The zero-order valence-electron chi connectivity index (χ0n) is 13.7. The molecule has 0 fully saturated rings. The molecule has 2 N–H and O–H groups in total. The lowest BCUT2D eigenvalue weighted by atomic mass is 9.89. The van der Waals surface area contributed by atoms with Crippen molar-refractivity contribution in [3.63, 3.8) is 0 Å². The summed E-state index contributed by atoms with van der Waals surface area (Å²) < 4.78 is 0. The van der Waals surface area contributed by atoms with Crippen LogP contribution in [0.3, 0.4) is 0 Å². The third-order valence-corrected chi connectivity index (χ3v) is 3.70. The van der Waals surface area contributed by atoms with Crippen molar-refractivity contribution in [2.75, 3.05) is 25.6 Å². The summed E-state index contributed by atoms with van der Waals surface area (Å²) in [4.78, 5) is 4.28. The first-order chi connectivity index (χ1) is 8.89.